The van der Waals surface area contributed by atoms with E-state index in [1.165, 1.54) is 12.1 Å². The maximum Gasteiger partial charge on any atom is 0.271 e. The molecule has 2 rings (SSSR count). The lowest BCUT2D eigenvalue weighted by molar-refractivity contribution is -0.385. The second-order valence-corrected chi connectivity index (χ2v) is 5.00. The van der Waals surface area contributed by atoms with Crippen LogP contribution in [0.15, 0.2) is 16.6 Å². The summed E-state index contributed by atoms with van der Waals surface area (Å²) in [4.78, 5) is 10.4. The van der Waals surface area contributed by atoms with Crippen molar-refractivity contribution in [2.75, 3.05) is 13.1 Å². The van der Waals surface area contributed by atoms with Crippen LogP contribution in [0.3, 0.4) is 0 Å². The van der Waals surface area contributed by atoms with E-state index in [9.17, 15) is 15.2 Å². The second-order valence-electron chi connectivity index (χ2n) is 4.15. The van der Waals surface area contributed by atoms with Crippen LogP contribution in [0.4, 0.5) is 5.69 Å². The van der Waals surface area contributed by atoms with Crippen molar-refractivity contribution in [1.29, 1.82) is 0 Å². The molecule has 1 heterocycles. The minimum absolute atomic E-state index is 0.0169. The summed E-state index contributed by atoms with van der Waals surface area (Å²) in [6.45, 7) is 1.76. The molecular formula is C11H13BrN2O3. The Morgan fingerprint density at radius 1 is 1.41 bits per heavy atom. The number of nitro benzene ring substituents is 1. The SMILES string of the molecule is O=[N+]([O-])c1cc(Br)c(O)c(C2CCNCC2)c1. The summed E-state index contributed by atoms with van der Waals surface area (Å²) in [5, 5.41) is 24.0. The summed E-state index contributed by atoms with van der Waals surface area (Å²) in [5.74, 6) is 0.315. The minimum Gasteiger partial charge on any atom is -0.506 e. The van der Waals surface area contributed by atoms with Gasteiger partial charge in [0.25, 0.3) is 5.69 Å². The molecule has 1 aromatic carbocycles. The molecule has 0 radical (unpaired) electrons. The van der Waals surface area contributed by atoms with E-state index in [1.807, 2.05) is 0 Å². The molecule has 0 aliphatic carbocycles. The maximum atomic E-state index is 10.8. The molecule has 0 aromatic heterocycles. The Labute approximate surface area is 107 Å². The van der Waals surface area contributed by atoms with Crippen LogP contribution in [0.5, 0.6) is 5.75 Å². The van der Waals surface area contributed by atoms with Gasteiger partial charge in [0.2, 0.25) is 0 Å². The van der Waals surface area contributed by atoms with E-state index in [2.05, 4.69) is 21.2 Å². The van der Waals surface area contributed by atoms with Crippen molar-refractivity contribution < 1.29 is 10.0 Å². The fraction of sp³-hybridized carbons (Fsp3) is 0.455. The summed E-state index contributed by atoms with van der Waals surface area (Å²) < 4.78 is 0.389. The van der Waals surface area contributed by atoms with Gasteiger partial charge < -0.3 is 10.4 Å². The molecule has 1 aromatic rings. The summed E-state index contributed by atoms with van der Waals surface area (Å²) in [6.07, 6.45) is 1.78. The minimum atomic E-state index is -0.436. The van der Waals surface area contributed by atoms with Crippen LogP contribution in [-0.4, -0.2) is 23.1 Å². The highest BCUT2D eigenvalue weighted by Gasteiger charge is 2.23. The number of phenols is 1. The van der Waals surface area contributed by atoms with Crippen molar-refractivity contribution in [1.82, 2.24) is 5.32 Å². The van der Waals surface area contributed by atoms with Crippen molar-refractivity contribution in [3.63, 3.8) is 0 Å². The van der Waals surface area contributed by atoms with Gasteiger partial charge in [-0.05, 0) is 47.8 Å². The van der Waals surface area contributed by atoms with Crippen molar-refractivity contribution in [2.24, 2.45) is 0 Å². The molecule has 1 aliphatic rings. The zero-order chi connectivity index (χ0) is 12.4. The molecule has 17 heavy (non-hydrogen) atoms. The Balaban J connectivity index is 2.40. The predicted molar refractivity (Wildman–Crippen MR) is 67.3 cm³/mol. The van der Waals surface area contributed by atoms with E-state index in [0.717, 1.165) is 25.9 Å². The van der Waals surface area contributed by atoms with Gasteiger partial charge in [0, 0.05) is 17.7 Å². The molecule has 0 saturated carbocycles. The first-order chi connectivity index (χ1) is 8.09. The molecule has 0 spiro atoms. The number of halogens is 1. The number of piperidine rings is 1. The van der Waals surface area contributed by atoms with Gasteiger partial charge in [-0.3, -0.25) is 10.1 Å². The van der Waals surface area contributed by atoms with Crippen molar-refractivity contribution in [3.8, 4) is 5.75 Å². The third-order valence-corrected chi connectivity index (χ3v) is 3.67. The number of non-ortho nitro benzene ring substituents is 1. The van der Waals surface area contributed by atoms with E-state index >= 15 is 0 Å². The van der Waals surface area contributed by atoms with Gasteiger partial charge in [-0.15, -0.1) is 0 Å². The number of rotatable bonds is 2. The van der Waals surface area contributed by atoms with Crippen LogP contribution in [0.2, 0.25) is 0 Å². The summed E-state index contributed by atoms with van der Waals surface area (Å²) in [7, 11) is 0. The Morgan fingerprint density at radius 3 is 2.65 bits per heavy atom. The molecule has 0 atom stereocenters. The quantitative estimate of drug-likeness (QED) is 0.650. The second kappa shape index (κ2) is 5.01. The Kier molecular flexibility index (Phi) is 3.63. The standard InChI is InChI=1S/C11H13BrN2O3/c12-10-6-8(14(16)17)5-9(11(10)15)7-1-3-13-4-2-7/h5-7,13,15H,1-4H2. The molecule has 92 valence electrons. The lowest BCUT2D eigenvalue weighted by Gasteiger charge is -2.23. The van der Waals surface area contributed by atoms with Crippen LogP contribution >= 0.6 is 15.9 Å². The summed E-state index contributed by atoms with van der Waals surface area (Å²) in [5.41, 5.74) is 0.691. The van der Waals surface area contributed by atoms with Crippen molar-refractivity contribution >= 4 is 21.6 Å². The Bertz CT molecular complexity index is 445. The van der Waals surface area contributed by atoms with E-state index in [4.69, 9.17) is 0 Å². The van der Waals surface area contributed by atoms with Crippen LogP contribution in [0.1, 0.15) is 24.3 Å². The predicted octanol–water partition coefficient (Wildman–Crippen LogP) is 2.53. The van der Waals surface area contributed by atoms with E-state index < -0.39 is 4.92 Å². The van der Waals surface area contributed by atoms with Gasteiger partial charge in [-0.1, -0.05) is 0 Å². The molecule has 6 heteroatoms. The zero-order valence-corrected chi connectivity index (χ0v) is 10.7. The molecule has 1 aliphatic heterocycles. The molecule has 5 nitrogen and oxygen atoms in total. The lowest BCUT2D eigenvalue weighted by Crippen LogP contribution is -2.26. The highest BCUT2D eigenvalue weighted by atomic mass is 79.9. The van der Waals surface area contributed by atoms with Crippen molar-refractivity contribution in [2.45, 2.75) is 18.8 Å². The fourth-order valence-corrected chi connectivity index (χ4v) is 2.62. The largest absolute Gasteiger partial charge is 0.506 e. The average molecular weight is 301 g/mol. The van der Waals surface area contributed by atoms with Crippen LogP contribution in [-0.2, 0) is 0 Å². The number of aromatic hydroxyl groups is 1. The molecule has 2 N–H and O–H groups in total. The Hall–Kier alpha value is -1.14. The molecular weight excluding hydrogens is 288 g/mol. The highest BCUT2D eigenvalue weighted by molar-refractivity contribution is 9.10. The molecule has 1 saturated heterocycles. The van der Waals surface area contributed by atoms with Crippen LogP contribution < -0.4 is 5.32 Å². The molecule has 0 bridgehead atoms. The number of nitrogens with zero attached hydrogens (tertiary/aromatic N) is 1. The van der Waals surface area contributed by atoms with E-state index in [0.29, 0.717) is 10.0 Å². The average Bonchev–Trinajstić information content (AvgIpc) is 2.33. The van der Waals surface area contributed by atoms with Gasteiger partial charge in [-0.2, -0.15) is 0 Å². The summed E-state index contributed by atoms with van der Waals surface area (Å²) >= 11 is 3.16. The first kappa shape index (κ1) is 12.3. The van der Waals surface area contributed by atoms with E-state index in [-0.39, 0.29) is 17.4 Å². The lowest BCUT2D eigenvalue weighted by atomic mass is 9.89. The fourth-order valence-electron chi connectivity index (χ4n) is 2.15. The van der Waals surface area contributed by atoms with Gasteiger partial charge in [0.15, 0.2) is 0 Å². The Morgan fingerprint density at radius 2 is 2.06 bits per heavy atom. The monoisotopic (exact) mass is 300 g/mol. The first-order valence-electron chi connectivity index (χ1n) is 5.47. The van der Waals surface area contributed by atoms with Gasteiger partial charge >= 0.3 is 0 Å². The topological polar surface area (TPSA) is 75.4 Å². The van der Waals surface area contributed by atoms with Gasteiger partial charge in [0.1, 0.15) is 5.75 Å². The zero-order valence-electron chi connectivity index (χ0n) is 9.15. The smallest absolute Gasteiger partial charge is 0.271 e. The van der Waals surface area contributed by atoms with Crippen molar-refractivity contribution in [3.05, 3.63) is 32.3 Å². The van der Waals surface area contributed by atoms with Gasteiger partial charge in [0.05, 0.1) is 9.40 Å². The third kappa shape index (κ3) is 2.58. The van der Waals surface area contributed by atoms with Gasteiger partial charge in [-0.25, -0.2) is 0 Å². The number of hydrogen-bond acceptors (Lipinski definition) is 4. The maximum absolute atomic E-state index is 10.8. The number of phenolic OH excluding ortho intramolecular Hbond substituents is 1. The molecule has 0 unspecified atom stereocenters. The van der Waals surface area contributed by atoms with E-state index in [1.54, 1.807) is 0 Å². The van der Waals surface area contributed by atoms with Crippen LogP contribution in [0.25, 0.3) is 0 Å². The number of nitro groups is 1. The third-order valence-electron chi connectivity index (χ3n) is 3.07. The first-order valence-corrected chi connectivity index (χ1v) is 6.26. The number of hydrogen-bond donors (Lipinski definition) is 2. The molecule has 0 amide bonds. The number of benzene rings is 1. The van der Waals surface area contributed by atoms with Crippen LogP contribution in [0, 0.1) is 10.1 Å². The normalized spacial score (nSPS) is 17.0. The molecule has 1 fully saturated rings. The summed E-state index contributed by atoms with van der Waals surface area (Å²) in [6, 6.07) is 2.82. The number of nitrogens with one attached hydrogen (secondary N) is 1. The highest BCUT2D eigenvalue weighted by Crippen LogP contribution is 2.39.